The number of halogens is 1. The van der Waals surface area contributed by atoms with Gasteiger partial charge in [0.25, 0.3) is 0 Å². The van der Waals surface area contributed by atoms with E-state index < -0.39 is 25.5 Å². The largest absolute Gasteiger partial charge is 0.374 e. The molecule has 0 amide bonds. The van der Waals surface area contributed by atoms with E-state index in [4.69, 9.17) is 4.74 Å². The molecule has 0 saturated carbocycles. The highest BCUT2D eigenvalue weighted by molar-refractivity contribution is 9.10. The summed E-state index contributed by atoms with van der Waals surface area (Å²) in [5.41, 5.74) is -0.732. The van der Waals surface area contributed by atoms with Crippen molar-refractivity contribution in [3.8, 4) is 0 Å². The van der Waals surface area contributed by atoms with Crippen LogP contribution < -0.4 is 4.72 Å². The summed E-state index contributed by atoms with van der Waals surface area (Å²) in [4.78, 5) is 0.195. The van der Waals surface area contributed by atoms with Crippen molar-refractivity contribution in [3.05, 3.63) is 28.7 Å². The van der Waals surface area contributed by atoms with Crippen molar-refractivity contribution < 1.29 is 21.6 Å². The smallest absolute Gasteiger partial charge is 0.240 e. The SMILES string of the molecule is O=S1(=O)CC[C@@]2(C[C@@H](NS(=O)(=O)c3ccc(Br)cc3)CCO2)C1. The van der Waals surface area contributed by atoms with Crippen LogP contribution in [0.1, 0.15) is 19.3 Å². The molecule has 1 aromatic rings. The van der Waals surface area contributed by atoms with Gasteiger partial charge in [-0.3, -0.25) is 0 Å². The molecule has 0 radical (unpaired) electrons. The molecule has 2 atom stereocenters. The monoisotopic (exact) mass is 423 g/mol. The van der Waals surface area contributed by atoms with Gasteiger partial charge in [-0.25, -0.2) is 21.6 Å². The van der Waals surface area contributed by atoms with E-state index >= 15 is 0 Å². The third kappa shape index (κ3) is 3.96. The maximum absolute atomic E-state index is 12.5. The summed E-state index contributed by atoms with van der Waals surface area (Å²) in [6.07, 6.45) is 1.37. The lowest BCUT2D eigenvalue weighted by Gasteiger charge is -2.37. The molecule has 128 valence electrons. The lowest BCUT2D eigenvalue weighted by atomic mass is 9.90. The Balaban J connectivity index is 1.74. The van der Waals surface area contributed by atoms with Gasteiger partial charge in [-0.05, 0) is 43.5 Å². The van der Waals surface area contributed by atoms with E-state index in [9.17, 15) is 16.8 Å². The van der Waals surface area contributed by atoms with Crippen molar-refractivity contribution in [1.29, 1.82) is 0 Å². The van der Waals surface area contributed by atoms with Gasteiger partial charge in [0.05, 0.1) is 22.0 Å². The Morgan fingerprint density at radius 1 is 1.26 bits per heavy atom. The minimum Gasteiger partial charge on any atom is -0.374 e. The lowest BCUT2D eigenvalue weighted by molar-refractivity contribution is -0.0675. The summed E-state index contributed by atoms with van der Waals surface area (Å²) < 4.78 is 57.6. The van der Waals surface area contributed by atoms with Gasteiger partial charge in [-0.2, -0.15) is 0 Å². The van der Waals surface area contributed by atoms with Crippen LogP contribution in [0.4, 0.5) is 0 Å². The van der Waals surface area contributed by atoms with Gasteiger partial charge in [0.15, 0.2) is 9.84 Å². The van der Waals surface area contributed by atoms with Crippen molar-refractivity contribution in [1.82, 2.24) is 4.72 Å². The Bertz CT molecular complexity index is 791. The first-order chi connectivity index (χ1) is 10.7. The molecule has 2 aliphatic heterocycles. The van der Waals surface area contributed by atoms with Gasteiger partial charge < -0.3 is 4.74 Å². The van der Waals surface area contributed by atoms with Gasteiger partial charge in [0.2, 0.25) is 10.0 Å². The average molecular weight is 424 g/mol. The fourth-order valence-corrected chi connectivity index (χ4v) is 6.70. The Kier molecular flexibility index (Phi) is 4.61. The quantitative estimate of drug-likeness (QED) is 0.794. The van der Waals surface area contributed by atoms with Crippen LogP contribution in [0, 0.1) is 0 Å². The van der Waals surface area contributed by atoms with Gasteiger partial charge in [0, 0.05) is 17.1 Å². The lowest BCUT2D eigenvalue weighted by Crippen LogP contribution is -2.49. The Labute approximate surface area is 144 Å². The summed E-state index contributed by atoms with van der Waals surface area (Å²) in [5, 5.41) is 0. The van der Waals surface area contributed by atoms with Gasteiger partial charge >= 0.3 is 0 Å². The van der Waals surface area contributed by atoms with Crippen LogP contribution in [-0.2, 0) is 24.6 Å². The second-order valence-corrected chi connectivity index (χ2v) is 11.0. The zero-order valence-corrected chi connectivity index (χ0v) is 15.6. The number of hydrogen-bond donors (Lipinski definition) is 1. The van der Waals surface area contributed by atoms with E-state index in [1.165, 1.54) is 12.1 Å². The predicted octanol–water partition coefficient (Wildman–Crippen LogP) is 1.46. The van der Waals surface area contributed by atoms with Crippen LogP contribution in [-0.4, -0.2) is 46.6 Å². The highest BCUT2D eigenvalue weighted by atomic mass is 79.9. The van der Waals surface area contributed by atoms with Gasteiger partial charge in [-0.1, -0.05) is 15.9 Å². The highest BCUT2D eigenvalue weighted by Crippen LogP contribution is 2.36. The molecule has 6 nitrogen and oxygen atoms in total. The van der Waals surface area contributed by atoms with Crippen molar-refractivity contribution in [2.24, 2.45) is 0 Å². The van der Waals surface area contributed by atoms with Crippen molar-refractivity contribution in [2.45, 2.75) is 35.8 Å². The standard InChI is InChI=1S/C14H18BrNO5S2/c15-11-1-3-13(4-2-11)23(19,20)16-12-5-7-21-14(9-12)6-8-22(17,18)10-14/h1-4,12,16H,5-10H2/t12-,14+/m0/s1. The Morgan fingerprint density at radius 3 is 2.57 bits per heavy atom. The van der Waals surface area contributed by atoms with Crippen molar-refractivity contribution >= 4 is 35.8 Å². The molecular formula is C14H18BrNO5S2. The first-order valence-corrected chi connectivity index (χ1v) is 11.4. The molecule has 2 fully saturated rings. The van der Waals surface area contributed by atoms with E-state index in [0.717, 1.165) is 4.47 Å². The average Bonchev–Trinajstić information content (AvgIpc) is 2.73. The molecule has 1 N–H and O–H groups in total. The number of sulfonamides is 1. The third-order valence-electron chi connectivity index (χ3n) is 4.29. The zero-order chi connectivity index (χ0) is 16.7. The van der Waals surface area contributed by atoms with Gasteiger partial charge in [0.1, 0.15) is 0 Å². The molecule has 0 unspecified atom stereocenters. The highest BCUT2D eigenvalue weighted by Gasteiger charge is 2.47. The molecule has 9 heteroatoms. The number of nitrogens with one attached hydrogen (secondary N) is 1. The molecule has 2 aliphatic rings. The maximum Gasteiger partial charge on any atom is 0.240 e. The van der Waals surface area contributed by atoms with Gasteiger partial charge in [-0.15, -0.1) is 0 Å². The molecule has 0 aliphatic carbocycles. The second-order valence-electron chi connectivity index (χ2n) is 6.14. The van der Waals surface area contributed by atoms with Crippen LogP contribution in [0.25, 0.3) is 0 Å². The van der Waals surface area contributed by atoms with E-state index in [0.29, 0.717) is 25.9 Å². The topological polar surface area (TPSA) is 89.5 Å². The third-order valence-corrected chi connectivity index (χ3v) is 8.15. The van der Waals surface area contributed by atoms with Crippen LogP contribution in [0.3, 0.4) is 0 Å². The maximum atomic E-state index is 12.5. The minimum absolute atomic E-state index is 0.0173. The summed E-state index contributed by atoms with van der Waals surface area (Å²) in [6, 6.07) is 6.08. The molecule has 1 spiro atoms. The fourth-order valence-electron chi connectivity index (χ4n) is 3.19. The number of rotatable bonds is 3. The van der Waals surface area contributed by atoms with Crippen LogP contribution >= 0.6 is 15.9 Å². The van der Waals surface area contributed by atoms with E-state index in [-0.39, 0.29) is 22.4 Å². The molecular weight excluding hydrogens is 406 g/mol. The second kappa shape index (κ2) is 6.11. The molecule has 23 heavy (non-hydrogen) atoms. The molecule has 2 saturated heterocycles. The molecule has 1 aromatic carbocycles. The first kappa shape index (κ1) is 17.3. The summed E-state index contributed by atoms with van der Waals surface area (Å²) >= 11 is 3.27. The van der Waals surface area contributed by atoms with Crippen LogP contribution in [0.2, 0.25) is 0 Å². The molecule has 0 aromatic heterocycles. The van der Waals surface area contributed by atoms with E-state index in [1.807, 2.05) is 0 Å². The van der Waals surface area contributed by atoms with Crippen LogP contribution in [0.5, 0.6) is 0 Å². The molecule has 2 heterocycles. The van der Waals surface area contributed by atoms with Crippen molar-refractivity contribution in [2.75, 3.05) is 18.1 Å². The number of ether oxygens (including phenoxy) is 1. The summed E-state index contributed by atoms with van der Waals surface area (Å²) in [7, 11) is -6.71. The Hall–Kier alpha value is -0.480. The zero-order valence-electron chi connectivity index (χ0n) is 12.4. The number of hydrogen-bond acceptors (Lipinski definition) is 5. The van der Waals surface area contributed by atoms with E-state index in [2.05, 4.69) is 20.7 Å². The van der Waals surface area contributed by atoms with Crippen LogP contribution in [0.15, 0.2) is 33.6 Å². The molecule has 3 rings (SSSR count). The summed E-state index contributed by atoms with van der Waals surface area (Å²) in [6.45, 7) is 0.364. The minimum atomic E-state index is -3.63. The predicted molar refractivity (Wildman–Crippen MR) is 89.4 cm³/mol. The van der Waals surface area contributed by atoms with E-state index in [1.54, 1.807) is 12.1 Å². The molecule has 0 bridgehead atoms. The number of benzene rings is 1. The van der Waals surface area contributed by atoms with Crippen molar-refractivity contribution in [3.63, 3.8) is 0 Å². The summed E-state index contributed by atoms with van der Waals surface area (Å²) in [5.74, 6) is 0.0929. The normalized spacial score (nSPS) is 30.6. The fraction of sp³-hybridized carbons (Fsp3) is 0.571. The Morgan fingerprint density at radius 2 is 1.96 bits per heavy atom. The first-order valence-electron chi connectivity index (χ1n) is 7.32. The number of sulfone groups is 1.